The summed E-state index contributed by atoms with van der Waals surface area (Å²) in [7, 11) is 0. The molecule has 7 heteroatoms. The van der Waals surface area contributed by atoms with Gasteiger partial charge in [0.05, 0.1) is 25.7 Å². The SMILES string of the molecule is O=c1c2c(cnn1COCc1ccccc1)ncn2Cc1ccccc1F. The highest BCUT2D eigenvalue weighted by Crippen LogP contribution is 2.13. The van der Waals surface area contributed by atoms with Gasteiger partial charge in [0.15, 0.2) is 0 Å². The predicted octanol–water partition coefficient (Wildman–Crippen LogP) is 2.95. The molecular weight excluding hydrogens is 347 g/mol. The molecule has 6 nitrogen and oxygen atoms in total. The van der Waals surface area contributed by atoms with E-state index in [2.05, 4.69) is 10.1 Å². The minimum atomic E-state index is -0.325. The van der Waals surface area contributed by atoms with Crippen molar-refractivity contribution in [2.24, 2.45) is 0 Å². The zero-order chi connectivity index (χ0) is 18.6. The first kappa shape index (κ1) is 17.1. The molecular formula is C20H17FN4O2. The van der Waals surface area contributed by atoms with Gasteiger partial charge in [0.2, 0.25) is 0 Å². The van der Waals surface area contributed by atoms with E-state index in [0.717, 1.165) is 5.56 Å². The Labute approximate surface area is 154 Å². The molecule has 2 aromatic heterocycles. The normalized spacial score (nSPS) is 11.1. The number of benzene rings is 2. The standard InChI is InChI=1S/C20H17FN4O2/c21-17-9-5-4-8-16(17)11-24-13-22-18-10-23-25(20(26)19(18)24)14-27-12-15-6-2-1-3-7-15/h1-10,13H,11-12,14H2. The lowest BCUT2D eigenvalue weighted by Gasteiger charge is -2.08. The Bertz CT molecular complexity index is 1120. The lowest BCUT2D eigenvalue weighted by Crippen LogP contribution is -2.25. The molecule has 0 saturated heterocycles. The maximum atomic E-state index is 13.9. The minimum absolute atomic E-state index is 0.0224. The van der Waals surface area contributed by atoms with Crippen LogP contribution in [0.4, 0.5) is 4.39 Å². The van der Waals surface area contributed by atoms with Crippen molar-refractivity contribution in [1.29, 1.82) is 0 Å². The molecule has 136 valence electrons. The van der Waals surface area contributed by atoms with E-state index in [9.17, 15) is 9.18 Å². The minimum Gasteiger partial charge on any atom is -0.354 e. The van der Waals surface area contributed by atoms with Crippen LogP contribution in [0.5, 0.6) is 0 Å². The van der Waals surface area contributed by atoms with Crippen LogP contribution in [0.15, 0.2) is 71.9 Å². The second-order valence-corrected chi connectivity index (χ2v) is 6.11. The zero-order valence-corrected chi connectivity index (χ0v) is 14.5. The summed E-state index contributed by atoms with van der Waals surface area (Å²) in [5.41, 5.74) is 2.01. The van der Waals surface area contributed by atoms with Gasteiger partial charge in [-0.15, -0.1) is 0 Å². The van der Waals surface area contributed by atoms with E-state index >= 15 is 0 Å². The van der Waals surface area contributed by atoms with Crippen molar-refractivity contribution < 1.29 is 9.13 Å². The van der Waals surface area contributed by atoms with Crippen LogP contribution in [0, 0.1) is 5.82 Å². The van der Waals surface area contributed by atoms with E-state index in [4.69, 9.17) is 4.74 Å². The third-order valence-corrected chi connectivity index (χ3v) is 4.25. The third kappa shape index (κ3) is 3.63. The van der Waals surface area contributed by atoms with Crippen LogP contribution in [0.25, 0.3) is 11.0 Å². The molecule has 0 amide bonds. The maximum Gasteiger partial charge on any atom is 0.295 e. The zero-order valence-electron chi connectivity index (χ0n) is 14.5. The Morgan fingerprint density at radius 3 is 2.63 bits per heavy atom. The molecule has 4 aromatic rings. The molecule has 0 atom stereocenters. The molecule has 0 aliphatic carbocycles. The first-order chi connectivity index (χ1) is 13.2. The molecule has 0 N–H and O–H groups in total. The summed E-state index contributed by atoms with van der Waals surface area (Å²) in [4.78, 5) is 17.0. The molecule has 0 bridgehead atoms. The van der Waals surface area contributed by atoms with Gasteiger partial charge in [0.25, 0.3) is 5.56 Å². The van der Waals surface area contributed by atoms with Crippen LogP contribution in [0.2, 0.25) is 0 Å². The summed E-state index contributed by atoms with van der Waals surface area (Å²) in [5.74, 6) is -0.320. The number of halogens is 1. The van der Waals surface area contributed by atoms with Gasteiger partial charge >= 0.3 is 0 Å². The Balaban J connectivity index is 1.57. The van der Waals surface area contributed by atoms with Crippen molar-refractivity contribution in [3.8, 4) is 0 Å². The van der Waals surface area contributed by atoms with Crippen molar-refractivity contribution in [2.75, 3.05) is 0 Å². The van der Waals surface area contributed by atoms with Crippen LogP contribution >= 0.6 is 0 Å². The largest absolute Gasteiger partial charge is 0.354 e. The predicted molar refractivity (Wildman–Crippen MR) is 98.5 cm³/mol. The second-order valence-electron chi connectivity index (χ2n) is 6.11. The Morgan fingerprint density at radius 2 is 1.81 bits per heavy atom. The Kier molecular flexibility index (Phi) is 4.76. The van der Waals surface area contributed by atoms with Gasteiger partial charge in [0.1, 0.15) is 23.6 Å². The average Bonchev–Trinajstić information content (AvgIpc) is 3.10. The second kappa shape index (κ2) is 7.51. The topological polar surface area (TPSA) is 61.9 Å². The lowest BCUT2D eigenvalue weighted by atomic mass is 10.2. The molecule has 0 aliphatic heterocycles. The van der Waals surface area contributed by atoms with Crippen LogP contribution < -0.4 is 5.56 Å². The van der Waals surface area contributed by atoms with Crippen LogP contribution in [0.1, 0.15) is 11.1 Å². The van der Waals surface area contributed by atoms with E-state index in [1.807, 2.05) is 30.3 Å². The summed E-state index contributed by atoms with van der Waals surface area (Å²) >= 11 is 0. The number of aromatic nitrogens is 4. The van der Waals surface area contributed by atoms with Gasteiger partial charge in [-0.25, -0.2) is 14.1 Å². The smallest absolute Gasteiger partial charge is 0.295 e. The Hall–Kier alpha value is -3.32. The number of imidazole rings is 1. The van der Waals surface area contributed by atoms with Crippen molar-refractivity contribution >= 4 is 11.0 Å². The summed E-state index contributed by atoms with van der Waals surface area (Å²) < 4.78 is 22.4. The van der Waals surface area contributed by atoms with Gasteiger partial charge in [-0.3, -0.25) is 4.79 Å². The van der Waals surface area contributed by atoms with Crippen molar-refractivity contribution in [3.63, 3.8) is 0 Å². The monoisotopic (exact) mass is 364 g/mol. The lowest BCUT2D eigenvalue weighted by molar-refractivity contribution is 0.0532. The molecule has 0 unspecified atom stereocenters. The quantitative estimate of drug-likeness (QED) is 0.528. The average molecular weight is 364 g/mol. The van der Waals surface area contributed by atoms with E-state index in [1.165, 1.54) is 23.3 Å². The van der Waals surface area contributed by atoms with Crippen molar-refractivity contribution in [3.05, 3.63) is 94.4 Å². The summed E-state index contributed by atoms with van der Waals surface area (Å²) in [6, 6.07) is 16.1. The molecule has 4 rings (SSSR count). The van der Waals surface area contributed by atoms with Gasteiger partial charge in [-0.2, -0.15) is 5.10 Å². The van der Waals surface area contributed by atoms with E-state index < -0.39 is 0 Å². The van der Waals surface area contributed by atoms with Gasteiger partial charge in [-0.05, 0) is 11.6 Å². The molecule has 0 fully saturated rings. The number of ether oxygens (including phenoxy) is 1. The first-order valence-corrected chi connectivity index (χ1v) is 8.48. The highest BCUT2D eigenvalue weighted by molar-refractivity contribution is 5.72. The molecule has 0 spiro atoms. The number of hydrogen-bond donors (Lipinski definition) is 0. The van der Waals surface area contributed by atoms with E-state index in [0.29, 0.717) is 23.2 Å². The van der Waals surface area contributed by atoms with Crippen LogP contribution in [0.3, 0.4) is 0 Å². The number of hydrogen-bond acceptors (Lipinski definition) is 4. The molecule has 2 aromatic carbocycles. The number of nitrogens with zero attached hydrogens (tertiary/aromatic N) is 4. The fourth-order valence-corrected chi connectivity index (χ4v) is 2.87. The molecule has 0 radical (unpaired) electrons. The fourth-order valence-electron chi connectivity index (χ4n) is 2.87. The number of rotatable bonds is 6. The highest BCUT2D eigenvalue weighted by atomic mass is 19.1. The summed E-state index contributed by atoms with van der Waals surface area (Å²) in [6.07, 6.45) is 3.04. The van der Waals surface area contributed by atoms with Gasteiger partial charge in [-0.1, -0.05) is 48.5 Å². The molecule has 0 saturated carbocycles. The maximum absolute atomic E-state index is 13.9. The third-order valence-electron chi connectivity index (χ3n) is 4.25. The molecule has 27 heavy (non-hydrogen) atoms. The van der Waals surface area contributed by atoms with E-state index in [1.54, 1.807) is 22.8 Å². The van der Waals surface area contributed by atoms with Gasteiger partial charge in [0, 0.05) is 5.56 Å². The van der Waals surface area contributed by atoms with Crippen LogP contribution in [-0.2, 0) is 24.6 Å². The molecule has 0 aliphatic rings. The summed E-state index contributed by atoms with van der Waals surface area (Å²) in [6.45, 7) is 0.614. The van der Waals surface area contributed by atoms with Crippen molar-refractivity contribution in [1.82, 2.24) is 19.3 Å². The van der Waals surface area contributed by atoms with Crippen molar-refractivity contribution in [2.45, 2.75) is 19.9 Å². The first-order valence-electron chi connectivity index (χ1n) is 8.48. The van der Waals surface area contributed by atoms with Crippen LogP contribution in [-0.4, -0.2) is 19.3 Å². The molecule has 2 heterocycles. The number of fused-ring (bicyclic) bond motifs is 1. The highest BCUT2D eigenvalue weighted by Gasteiger charge is 2.12. The van der Waals surface area contributed by atoms with Gasteiger partial charge < -0.3 is 9.30 Å². The summed E-state index contributed by atoms with van der Waals surface area (Å²) in [5, 5.41) is 4.10. The Morgan fingerprint density at radius 1 is 1.04 bits per heavy atom. The van der Waals surface area contributed by atoms with E-state index in [-0.39, 0.29) is 24.7 Å². The fraction of sp³-hybridized carbons (Fsp3) is 0.150.